The number of hydrogen-bond donors (Lipinski definition) is 2. The minimum absolute atomic E-state index is 0.119. The summed E-state index contributed by atoms with van der Waals surface area (Å²) < 4.78 is 0. The quantitative estimate of drug-likeness (QED) is 0.812. The highest BCUT2D eigenvalue weighted by molar-refractivity contribution is 5.66. The molecular weight excluding hydrogens is 202 g/mol. The summed E-state index contributed by atoms with van der Waals surface area (Å²) >= 11 is 0. The van der Waals surface area contributed by atoms with Crippen molar-refractivity contribution in [3.05, 3.63) is 41.0 Å². The van der Waals surface area contributed by atoms with E-state index in [0.717, 1.165) is 12.0 Å². The van der Waals surface area contributed by atoms with Crippen molar-refractivity contribution in [2.45, 2.75) is 25.3 Å². The van der Waals surface area contributed by atoms with Gasteiger partial charge in [-0.2, -0.15) is 0 Å². The summed E-state index contributed by atoms with van der Waals surface area (Å²) in [5.74, 6) is -0.795. The van der Waals surface area contributed by atoms with E-state index in [1.807, 2.05) is 6.07 Å². The van der Waals surface area contributed by atoms with Crippen LogP contribution in [0.5, 0.6) is 0 Å². The molecule has 0 saturated heterocycles. The number of fused-ring (bicyclic) bond motifs is 1. The third kappa shape index (κ3) is 2.31. The molecular formula is C13H15NO2. The zero-order chi connectivity index (χ0) is 11.5. The molecule has 0 radical (unpaired) electrons. The second-order valence-electron chi connectivity index (χ2n) is 4.10. The van der Waals surface area contributed by atoms with Crippen LogP contribution in [0.4, 0.5) is 0 Å². The number of allylic oxidation sites excluding steroid dienone is 1. The van der Waals surface area contributed by atoms with E-state index in [1.54, 1.807) is 0 Å². The Morgan fingerprint density at radius 2 is 2.31 bits per heavy atom. The van der Waals surface area contributed by atoms with Gasteiger partial charge in [0.2, 0.25) is 0 Å². The van der Waals surface area contributed by atoms with Crippen molar-refractivity contribution in [1.29, 1.82) is 0 Å². The maximum Gasteiger partial charge on any atom is 0.303 e. The molecule has 2 rings (SSSR count). The van der Waals surface area contributed by atoms with Gasteiger partial charge >= 0.3 is 5.97 Å². The largest absolute Gasteiger partial charge is 0.481 e. The summed E-state index contributed by atoms with van der Waals surface area (Å²) in [6.07, 6.45) is 5.80. The molecule has 0 fully saturated rings. The van der Waals surface area contributed by atoms with E-state index < -0.39 is 5.97 Å². The topological polar surface area (TPSA) is 63.3 Å². The van der Waals surface area contributed by atoms with Gasteiger partial charge in [-0.25, -0.2) is 0 Å². The van der Waals surface area contributed by atoms with Crippen molar-refractivity contribution < 1.29 is 9.90 Å². The normalized spacial score (nSPS) is 14.8. The van der Waals surface area contributed by atoms with Crippen LogP contribution in [0.15, 0.2) is 24.3 Å². The zero-order valence-electron chi connectivity index (χ0n) is 9.02. The lowest BCUT2D eigenvalue weighted by molar-refractivity contribution is -0.137. The van der Waals surface area contributed by atoms with Gasteiger partial charge in [-0.3, -0.25) is 4.79 Å². The second-order valence-corrected chi connectivity index (χ2v) is 4.10. The molecule has 1 aliphatic rings. The van der Waals surface area contributed by atoms with Gasteiger partial charge in [-0.15, -0.1) is 0 Å². The first-order valence-electron chi connectivity index (χ1n) is 5.43. The molecule has 0 amide bonds. The number of hydrogen-bond acceptors (Lipinski definition) is 2. The van der Waals surface area contributed by atoms with E-state index >= 15 is 0 Å². The predicted molar refractivity (Wildman–Crippen MR) is 63.0 cm³/mol. The summed E-state index contributed by atoms with van der Waals surface area (Å²) in [5.41, 5.74) is 9.50. The van der Waals surface area contributed by atoms with Crippen LogP contribution in [0, 0.1) is 0 Å². The first-order valence-corrected chi connectivity index (χ1v) is 5.43. The van der Waals surface area contributed by atoms with Crippen molar-refractivity contribution in [2.24, 2.45) is 5.73 Å². The van der Waals surface area contributed by atoms with E-state index in [4.69, 9.17) is 10.8 Å². The molecule has 0 saturated carbocycles. The summed E-state index contributed by atoms with van der Waals surface area (Å²) in [7, 11) is 0. The molecule has 0 aromatic heterocycles. The van der Waals surface area contributed by atoms with Crippen LogP contribution in [0.2, 0.25) is 0 Å². The highest BCUT2D eigenvalue weighted by Gasteiger charge is 2.11. The molecule has 0 spiro atoms. The lowest BCUT2D eigenvalue weighted by Crippen LogP contribution is -2.12. The summed E-state index contributed by atoms with van der Waals surface area (Å²) in [6, 6.07) is 5.95. The van der Waals surface area contributed by atoms with Crippen LogP contribution < -0.4 is 5.73 Å². The average Bonchev–Trinajstić information content (AvgIpc) is 2.72. The number of carbonyl (C=O) groups is 1. The van der Waals surface area contributed by atoms with E-state index in [9.17, 15) is 4.79 Å². The summed E-state index contributed by atoms with van der Waals surface area (Å²) in [5, 5.41) is 8.60. The number of carboxylic acids is 1. The van der Waals surface area contributed by atoms with Crippen LogP contribution in [0.1, 0.15) is 35.6 Å². The Kier molecular flexibility index (Phi) is 3.06. The monoisotopic (exact) mass is 217 g/mol. The standard InChI is InChI=1S/C13H15NO2/c14-12(6-7-13(15)16)11-5-4-9-2-1-3-10(9)8-11/h1,3-5,8,12H,2,6-7,14H2,(H,15,16). The minimum atomic E-state index is -0.795. The van der Waals surface area contributed by atoms with Crippen LogP contribution >= 0.6 is 0 Å². The minimum Gasteiger partial charge on any atom is -0.481 e. The van der Waals surface area contributed by atoms with Crippen LogP contribution in [0.25, 0.3) is 6.08 Å². The van der Waals surface area contributed by atoms with Crippen molar-refractivity contribution >= 4 is 12.0 Å². The number of nitrogens with two attached hydrogens (primary N) is 1. The van der Waals surface area contributed by atoms with E-state index in [0.29, 0.717) is 6.42 Å². The lowest BCUT2D eigenvalue weighted by atomic mass is 9.98. The van der Waals surface area contributed by atoms with E-state index in [1.165, 1.54) is 11.1 Å². The average molecular weight is 217 g/mol. The van der Waals surface area contributed by atoms with Gasteiger partial charge in [0.15, 0.2) is 0 Å². The van der Waals surface area contributed by atoms with Gasteiger partial charge in [0, 0.05) is 12.5 Å². The first kappa shape index (κ1) is 10.9. The second kappa shape index (κ2) is 4.49. The molecule has 0 heterocycles. The summed E-state index contributed by atoms with van der Waals surface area (Å²) in [6.45, 7) is 0. The fraction of sp³-hybridized carbons (Fsp3) is 0.308. The molecule has 0 aliphatic heterocycles. The summed E-state index contributed by atoms with van der Waals surface area (Å²) in [4.78, 5) is 10.5. The molecule has 84 valence electrons. The Bertz CT molecular complexity index is 438. The molecule has 0 bridgehead atoms. The molecule has 16 heavy (non-hydrogen) atoms. The van der Waals surface area contributed by atoms with Crippen molar-refractivity contribution in [3.63, 3.8) is 0 Å². The van der Waals surface area contributed by atoms with Gasteiger partial charge in [-0.1, -0.05) is 24.3 Å². The van der Waals surface area contributed by atoms with Crippen LogP contribution in [0.3, 0.4) is 0 Å². The predicted octanol–water partition coefficient (Wildman–Crippen LogP) is 2.12. The Hall–Kier alpha value is -1.61. The molecule has 3 nitrogen and oxygen atoms in total. The Morgan fingerprint density at radius 1 is 1.50 bits per heavy atom. The molecule has 1 aromatic rings. The van der Waals surface area contributed by atoms with Crippen molar-refractivity contribution in [1.82, 2.24) is 0 Å². The van der Waals surface area contributed by atoms with Gasteiger partial charge in [-0.05, 0) is 35.6 Å². The fourth-order valence-electron chi connectivity index (χ4n) is 1.94. The third-order valence-electron chi connectivity index (χ3n) is 2.90. The molecule has 1 unspecified atom stereocenters. The number of aliphatic carboxylic acids is 1. The Labute approximate surface area is 94.6 Å². The van der Waals surface area contributed by atoms with E-state index in [-0.39, 0.29) is 12.5 Å². The number of rotatable bonds is 4. The van der Waals surface area contributed by atoms with Gasteiger partial charge < -0.3 is 10.8 Å². The molecule has 3 N–H and O–H groups in total. The smallest absolute Gasteiger partial charge is 0.303 e. The van der Waals surface area contributed by atoms with Crippen LogP contribution in [-0.4, -0.2) is 11.1 Å². The van der Waals surface area contributed by atoms with Crippen LogP contribution in [-0.2, 0) is 11.2 Å². The number of carboxylic acid groups (broad SMARTS) is 1. The SMILES string of the molecule is NC(CCC(=O)O)c1ccc2c(c1)C=CC2. The van der Waals surface area contributed by atoms with Gasteiger partial charge in [0.25, 0.3) is 0 Å². The molecule has 1 aromatic carbocycles. The Balaban J connectivity index is 2.08. The van der Waals surface area contributed by atoms with Crippen molar-refractivity contribution in [3.8, 4) is 0 Å². The maximum absolute atomic E-state index is 10.5. The van der Waals surface area contributed by atoms with E-state index in [2.05, 4.69) is 24.3 Å². The molecule has 3 heteroatoms. The highest BCUT2D eigenvalue weighted by atomic mass is 16.4. The maximum atomic E-state index is 10.5. The highest BCUT2D eigenvalue weighted by Crippen LogP contribution is 2.24. The van der Waals surface area contributed by atoms with Crippen molar-refractivity contribution in [2.75, 3.05) is 0 Å². The first-order chi connectivity index (χ1) is 7.66. The molecule has 1 atom stereocenters. The zero-order valence-corrected chi connectivity index (χ0v) is 9.02. The molecule has 1 aliphatic carbocycles. The lowest BCUT2D eigenvalue weighted by Gasteiger charge is -2.12. The van der Waals surface area contributed by atoms with Gasteiger partial charge in [0.05, 0.1) is 0 Å². The third-order valence-corrected chi connectivity index (χ3v) is 2.90. The Morgan fingerprint density at radius 3 is 3.06 bits per heavy atom. The van der Waals surface area contributed by atoms with Gasteiger partial charge in [0.1, 0.15) is 0 Å². The number of benzene rings is 1. The fourth-order valence-corrected chi connectivity index (χ4v) is 1.94.